The quantitative estimate of drug-likeness (QED) is 0.792. The summed E-state index contributed by atoms with van der Waals surface area (Å²) >= 11 is 0. The Morgan fingerprint density at radius 3 is 2.79 bits per heavy atom. The van der Waals surface area contributed by atoms with Gasteiger partial charge in [0.1, 0.15) is 5.75 Å². The second-order valence-electron chi connectivity index (χ2n) is 3.02. The van der Waals surface area contributed by atoms with Crippen LogP contribution in [0.4, 0.5) is 0 Å². The van der Waals surface area contributed by atoms with Gasteiger partial charge in [-0.3, -0.25) is 0 Å². The molecule has 0 aliphatic heterocycles. The van der Waals surface area contributed by atoms with Crippen molar-refractivity contribution < 1.29 is 4.74 Å². The van der Waals surface area contributed by atoms with E-state index in [4.69, 9.17) is 10.5 Å². The van der Waals surface area contributed by atoms with Crippen molar-refractivity contribution in [3.63, 3.8) is 0 Å². The SMILES string of the molecule is CCc1c(/C=C/CN)cccc1OC. The van der Waals surface area contributed by atoms with Crippen LogP contribution >= 0.6 is 0 Å². The van der Waals surface area contributed by atoms with Crippen molar-refractivity contribution >= 4 is 6.08 Å². The van der Waals surface area contributed by atoms with E-state index < -0.39 is 0 Å². The maximum absolute atomic E-state index is 5.42. The minimum absolute atomic E-state index is 0.570. The minimum atomic E-state index is 0.570. The van der Waals surface area contributed by atoms with Gasteiger partial charge in [0.25, 0.3) is 0 Å². The summed E-state index contributed by atoms with van der Waals surface area (Å²) in [5.74, 6) is 0.951. The minimum Gasteiger partial charge on any atom is -0.496 e. The maximum Gasteiger partial charge on any atom is 0.122 e. The van der Waals surface area contributed by atoms with Crippen LogP contribution in [0.25, 0.3) is 6.08 Å². The number of hydrogen-bond acceptors (Lipinski definition) is 2. The molecule has 0 saturated carbocycles. The molecule has 0 radical (unpaired) electrons. The van der Waals surface area contributed by atoms with E-state index in [2.05, 4.69) is 13.0 Å². The molecule has 76 valence electrons. The normalized spacial score (nSPS) is 10.8. The highest BCUT2D eigenvalue weighted by Crippen LogP contribution is 2.23. The second-order valence-corrected chi connectivity index (χ2v) is 3.02. The fraction of sp³-hybridized carbons (Fsp3) is 0.333. The van der Waals surface area contributed by atoms with Crippen molar-refractivity contribution in [1.82, 2.24) is 0 Å². The molecular formula is C12H17NO. The predicted octanol–water partition coefficient (Wildman–Crippen LogP) is 2.23. The van der Waals surface area contributed by atoms with Crippen LogP contribution in [0.1, 0.15) is 18.1 Å². The third kappa shape index (κ3) is 2.36. The average molecular weight is 191 g/mol. The zero-order valence-corrected chi connectivity index (χ0v) is 8.79. The van der Waals surface area contributed by atoms with Gasteiger partial charge in [-0.2, -0.15) is 0 Å². The van der Waals surface area contributed by atoms with E-state index in [0.29, 0.717) is 6.54 Å². The van der Waals surface area contributed by atoms with Gasteiger partial charge in [-0.05, 0) is 18.1 Å². The number of rotatable bonds is 4. The molecule has 0 aliphatic carbocycles. The van der Waals surface area contributed by atoms with Crippen LogP contribution in [0.15, 0.2) is 24.3 Å². The van der Waals surface area contributed by atoms with E-state index in [9.17, 15) is 0 Å². The highest BCUT2D eigenvalue weighted by Gasteiger charge is 2.03. The third-order valence-electron chi connectivity index (χ3n) is 2.18. The van der Waals surface area contributed by atoms with Crippen molar-refractivity contribution in [3.05, 3.63) is 35.4 Å². The second kappa shape index (κ2) is 5.45. The molecule has 0 aliphatic rings. The number of hydrogen-bond donors (Lipinski definition) is 1. The first-order valence-electron chi connectivity index (χ1n) is 4.86. The molecule has 2 heteroatoms. The largest absolute Gasteiger partial charge is 0.496 e. The number of benzene rings is 1. The lowest BCUT2D eigenvalue weighted by atomic mass is 10.0. The lowest BCUT2D eigenvalue weighted by Gasteiger charge is -2.09. The summed E-state index contributed by atoms with van der Waals surface area (Å²) in [5.41, 5.74) is 7.85. The van der Waals surface area contributed by atoms with Crippen LogP contribution < -0.4 is 10.5 Å². The molecule has 1 aromatic carbocycles. The highest BCUT2D eigenvalue weighted by molar-refractivity contribution is 5.58. The van der Waals surface area contributed by atoms with Gasteiger partial charge in [-0.15, -0.1) is 0 Å². The summed E-state index contributed by atoms with van der Waals surface area (Å²) in [6, 6.07) is 6.06. The van der Waals surface area contributed by atoms with Gasteiger partial charge >= 0.3 is 0 Å². The van der Waals surface area contributed by atoms with Crippen LogP contribution in [0.5, 0.6) is 5.75 Å². The Bertz CT molecular complexity index is 318. The van der Waals surface area contributed by atoms with Crippen LogP contribution in [0.2, 0.25) is 0 Å². The fourth-order valence-corrected chi connectivity index (χ4v) is 1.50. The first kappa shape index (κ1) is 10.8. The molecular weight excluding hydrogens is 174 g/mol. The van der Waals surface area contributed by atoms with Crippen LogP contribution in [-0.2, 0) is 6.42 Å². The van der Waals surface area contributed by atoms with Gasteiger partial charge in [0.15, 0.2) is 0 Å². The average Bonchev–Trinajstić information content (AvgIpc) is 2.25. The van der Waals surface area contributed by atoms with Gasteiger partial charge in [0.2, 0.25) is 0 Å². The van der Waals surface area contributed by atoms with Crippen LogP contribution in [-0.4, -0.2) is 13.7 Å². The summed E-state index contributed by atoms with van der Waals surface area (Å²) in [4.78, 5) is 0. The standard InChI is InChI=1S/C12H17NO/c1-3-11-10(7-5-9-13)6-4-8-12(11)14-2/h4-8H,3,9,13H2,1-2H3/b7-5+. The smallest absolute Gasteiger partial charge is 0.122 e. The Morgan fingerprint density at radius 2 is 2.21 bits per heavy atom. The van der Waals surface area contributed by atoms with Crippen molar-refractivity contribution in [1.29, 1.82) is 0 Å². The molecule has 0 amide bonds. The van der Waals surface area contributed by atoms with Crippen LogP contribution in [0, 0.1) is 0 Å². The molecule has 0 fully saturated rings. The Balaban J connectivity index is 3.08. The third-order valence-corrected chi connectivity index (χ3v) is 2.18. The molecule has 1 aromatic rings. The summed E-state index contributed by atoms with van der Waals surface area (Å²) in [5, 5.41) is 0. The molecule has 2 N–H and O–H groups in total. The van der Waals surface area contributed by atoms with Crippen LogP contribution in [0.3, 0.4) is 0 Å². The summed E-state index contributed by atoms with van der Waals surface area (Å²) in [7, 11) is 1.70. The van der Waals surface area contributed by atoms with Gasteiger partial charge in [-0.1, -0.05) is 31.2 Å². The van der Waals surface area contributed by atoms with E-state index in [-0.39, 0.29) is 0 Å². The summed E-state index contributed by atoms with van der Waals surface area (Å²) in [6.45, 7) is 2.69. The molecule has 0 unspecified atom stereocenters. The van der Waals surface area contributed by atoms with E-state index in [1.165, 1.54) is 11.1 Å². The van der Waals surface area contributed by atoms with Gasteiger partial charge in [0, 0.05) is 12.1 Å². The maximum atomic E-state index is 5.42. The zero-order chi connectivity index (χ0) is 10.4. The Kier molecular flexibility index (Phi) is 4.20. The molecule has 2 nitrogen and oxygen atoms in total. The topological polar surface area (TPSA) is 35.2 Å². The van der Waals surface area contributed by atoms with Crippen molar-refractivity contribution in [2.45, 2.75) is 13.3 Å². The lowest BCUT2D eigenvalue weighted by Crippen LogP contribution is -1.95. The molecule has 0 aromatic heterocycles. The Hall–Kier alpha value is -1.28. The predicted molar refractivity (Wildman–Crippen MR) is 60.5 cm³/mol. The molecule has 1 rings (SSSR count). The van der Waals surface area contributed by atoms with E-state index >= 15 is 0 Å². The molecule has 0 atom stereocenters. The number of ether oxygens (including phenoxy) is 1. The summed E-state index contributed by atoms with van der Waals surface area (Å²) < 4.78 is 5.29. The van der Waals surface area contributed by atoms with Gasteiger partial charge < -0.3 is 10.5 Å². The Morgan fingerprint density at radius 1 is 1.43 bits per heavy atom. The van der Waals surface area contributed by atoms with E-state index in [1.54, 1.807) is 7.11 Å². The molecule has 0 spiro atoms. The highest BCUT2D eigenvalue weighted by atomic mass is 16.5. The van der Waals surface area contributed by atoms with Crippen molar-refractivity contribution in [3.8, 4) is 5.75 Å². The first-order chi connectivity index (χ1) is 6.83. The zero-order valence-electron chi connectivity index (χ0n) is 8.79. The Labute approximate surface area is 85.4 Å². The molecule has 0 bridgehead atoms. The van der Waals surface area contributed by atoms with Gasteiger partial charge in [0.05, 0.1) is 7.11 Å². The fourth-order valence-electron chi connectivity index (χ4n) is 1.50. The monoisotopic (exact) mass is 191 g/mol. The number of nitrogens with two attached hydrogens (primary N) is 1. The van der Waals surface area contributed by atoms with E-state index in [0.717, 1.165) is 12.2 Å². The van der Waals surface area contributed by atoms with Gasteiger partial charge in [-0.25, -0.2) is 0 Å². The first-order valence-corrected chi connectivity index (χ1v) is 4.86. The van der Waals surface area contributed by atoms with E-state index in [1.807, 2.05) is 24.3 Å². The lowest BCUT2D eigenvalue weighted by molar-refractivity contribution is 0.410. The van der Waals surface area contributed by atoms with Crippen molar-refractivity contribution in [2.24, 2.45) is 5.73 Å². The van der Waals surface area contributed by atoms with Crippen molar-refractivity contribution in [2.75, 3.05) is 13.7 Å². The number of methoxy groups -OCH3 is 1. The molecule has 0 heterocycles. The molecule has 0 saturated heterocycles. The summed E-state index contributed by atoms with van der Waals surface area (Å²) in [6.07, 6.45) is 4.96. The molecule has 14 heavy (non-hydrogen) atoms.